The molecule has 0 unspecified atom stereocenters. The standard InChI is InChI=1S/C36H28FN5O8S/c1-2-40-17-26(35(48)49)31(45)25-16-27(37)33(39-32(25)40)41-9-11-42(12-10-41)36(51)38-18-3-6-21(24(13-18)34(46)47)30-22-7-4-19(43)14-28(22)50-29-15-20(44)5-8-23(29)30/h3-8,13-17,43H,2,9-12H2,1H3,(H,38,51)(H,46,47)(H,48,49). The molecule has 1 fully saturated rings. The number of pyridine rings is 2. The zero-order valence-electron chi connectivity index (χ0n) is 26.8. The number of hydrogen-bond acceptors (Lipinski definition) is 9. The van der Waals surface area contributed by atoms with Gasteiger partial charge in [-0.3, -0.25) is 9.59 Å². The second kappa shape index (κ2) is 12.8. The van der Waals surface area contributed by atoms with Crippen LogP contribution >= 0.6 is 12.2 Å². The molecule has 3 aliphatic rings. The van der Waals surface area contributed by atoms with Crippen molar-refractivity contribution in [2.45, 2.75) is 13.5 Å². The number of aromatic carboxylic acids is 2. The molecule has 2 aromatic heterocycles. The Morgan fingerprint density at radius 1 is 0.922 bits per heavy atom. The van der Waals surface area contributed by atoms with Gasteiger partial charge in [-0.15, -0.1) is 0 Å². The van der Waals surface area contributed by atoms with Gasteiger partial charge in [-0.25, -0.2) is 19.0 Å². The summed E-state index contributed by atoms with van der Waals surface area (Å²) < 4.78 is 22.7. The molecule has 0 saturated carbocycles. The van der Waals surface area contributed by atoms with Crippen LogP contribution < -0.4 is 21.1 Å². The summed E-state index contributed by atoms with van der Waals surface area (Å²) in [5.41, 5.74) is 0.661. The number of carbonyl (C=O) groups is 2. The van der Waals surface area contributed by atoms with Crippen molar-refractivity contribution in [3.8, 4) is 28.2 Å². The largest absolute Gasteiger partial charge is 0.508 e. The minimum atomic E-state index is -1.40. The lowest BCUT2D eigenvalue weighted by Gasteiger charge is -2.37. The second-order valence-corrected chi connectivity index (χ2v) is 12.3. The van der Waals surface area contributed by atoms with E-state index in [1.54, 1.807) is 36.1 Å². The number of hydrogen-bond donors (Lipinski definition) is 4. The van der Waals surface area contributed by atoms with E-state index in [4.69, 9.17) is 16.6 Å². The lowest BCUT2D eigenvalue weighted by Crippen LogP contribution is -2.50. The molecule has 15 heteroatoms. The van der Waals surface area contributed by atoms with E-state index in [1.165, 1.54) is 41.1 Å². The van der Waals surface area contributed by atoms with Crippen LogP contribution in [-0.2, 0) is 6.54 Å². The summed E-state index contributed by atoms with van der Waals surface area (Å²) in [5.74, 6) is -3.14. The van der Waals surface area contributed by atoms with E-state index in [0.29, 0.717) is 65.6 Å². The first-order valence-electron chi connectivity index (χ1n) is 15.8. The van der Waals surface area contributed by atoms with E-state index in [0.717, 1.165) is 6.07 Å². The fraction of sp³-hybridized carbons (Fsp3) is 0.167. The first-order chi connectivity index (χ1) is 24.4. The van der Waals surface area contributed by atoms with Crippen molar-refractivity contribution in [2.24, 2.45) is 0 Å². The van der Waals surface area contributed by atoms with Crippen molar-refractivity contribution in [3.05, 3.63) is 104 Å². The van der Waals surface area contributed by atoms with Gasteiger partial charge >= 0.3 is 11.9 Å². The summed E-state index contributed by atoms with van der Waals surface area (Å²) in [5, 5.41) is 33.6. The van der Waals surface area contributed by atoms with Gasteiger partial charge in [0.15, 0.2) is 22.2 Å². The number of halogens is 1. The van der Waals surface area contributed by atoms with Crippen LogP contribution in [0.5, 0.6) is 5.75 Å². The molecule has 4 N–H and O–H groups in total. The zero-order chi connectivity index (χ0) is 36.1. The normalized spacial score (nSPS) is 13.2. The molecule has 0 atom stereocenters. The third-order valence-corrected chi connectivity index (χ3v) is 9.23. The average Bonchev–Trinajstić information content (AvgIpc) is 3.10. The molecule has 1 aliphatic carbocycles. The Balaban J connectivity index is 1.13. The van der Waals surface area contributed by atoms with Crippen LogP contribution in [0.4, 0.5) is 15.9 Å². The van der Waals surface area contributed by atoms with Crippen molar-refractivity contribution in [2.75, 3.05) is 36.4 Å². The molecular formula is C36H28FN5O8S. The van der Waals surface area contributed by atoms with E-state index in [1.807, 2.05) is 4.90 Å². The molecular weight excluding hydrogens is 681 g/mol. The number of aromatic nitrogens is 2. The third kappa shape index (κ3) is 5.97. The molecule has 1 saturated heterocycles. The third-order valence-electron chi connectivity index (χ3n) is 8.87. The van der Waals surface area contributed by atoms with Gasteiger partial charge in [-0.05, 0) is 67.2 Å². The Hall–Kier alpha value is -6.35. The lowest BCUT2D eigenvalue weighted by atomic mass is 9.90. The van der Waals surface area contributed by atoms with Crippen LogP contribution in [0.1, 0.15) is 27.6 Å². The fourth-order valence-corrected chi connectivity index (χ4v) is 6.68. The van der Waals surface area contributed by atoms with Gasteiger partial charge in [-0.1, -0.05) is 6.07 Å². The Morgan fingerprint density at radius 2 is 1.65 bits per heavy atom. The number of fused-ring (bicyclic) bond motifs is 3. The van der Waals surface area contributed by atoms with E-state index < -0.39 is 28.7 Å². The number of thiocarbonyl (C=S) groups is 1. The van der Waals surface area contributed by atoms with Gasteiger partial charge in [0.05, 0.1) is 10.9 Å². The summed E-state index contributed by atoms with van der Waals surface area (Å²) in [7, 11) is 0. The number of carboxylic acid groups (broad SMARTS) is 2. The van der Waals surface area contributed by atoms with Gasteiger partial charge in [-0.2, -0.15) is 0 Å². The number of aromatic hydroxyl groups is 1. The lowest BCUT2D eigenvalue weighted by molar-refractivity contribution is 0.0685. The highest BCUT2D eigenvalue weighted by atomic mass is 32.1. The topological polar surface area (TPSA) is 178 Å². The van der Waals surface area contributed by atoms with Gasteiger partial charge in [0.2, 0.25) is 5.43 Å². The number of nitrogens with zero attached hydrogens (tertiary/aromatic N) is 4. The van der Waals surface area contributed by atoms with Gasteiger partial charge in [0.25, 0.3) is 0 Å². The molecule has 2 aromatic carbocycles. The summed E-state index contributed by atoms with van der Waals surface area (Å²) in [6.07, 6.45) is 1.21. The zero-order valence-corrected chi connectivity index (χ0v) is 27.7. The van der Waals surface area contributed by atoms with Crippen LogP contribution in [-0.4, -0.2) is 73.0 Å². The summed E-state index contributed by atoms with van der Waals surface area (Å²) in [6, 6.07) is 14.6. The number of rotatable bonds is 6. The predicted molar refractivity (Wildman–Crippen MR) is 192 cm³/mol. The minimum absolute atomic E-state index is 0.0304. The van der Waals surface area contributed by atoms with E-state index in [2.05, 4.69) is 10.3 Å². The Labute approximate surface area is 292 Å². The van der Waals surface area contributed by atoms with Crippen LogP contribution in [0.25, 0.3) is 44.5 Å². The van der Waals surface area contributed by atoms with E-state index in [9.17, 15) is 34.5 Å². The Bertz CT molecular complexity index is 2530. The molecule has 0 bridgehead atoms. The van der Waals surface area contributed by atoms with Gasteiger partial charge < -0.3 is 39.4 Å². The number of nitrogens with one attached hydrogen (secondary N) is 1. The smallest absolute Gasteiger partial charge is 0.341 e. The highest BCUT2D eigenvalue weighted by molar-refractivity contribution is 7.80. The maximum absolute atomic E-state index is 15.3. The number of aryl methyl sites for hydroxylation is 1. The maximum atomic E-state index is 15.3. The summed E-state index contributed by atoms with van der Waals surface area (Å²) in [6.45, 7) is 3.45. The number of carboxylic acids is 2. The van der Waals surface area contributed by atoms with Crippen molar-refractivity contribution in [3.63, 3.8) is 0 Å². The molecule has 4 heterocycles. The minimum Gasteiger partial charge on any atom is -0.508 e. The first kappa shape index (κ1) is 33.2. The van der Waals surface area contributed by atoms with Gasteiger partial charge in [0.1, 0.15) is 28.3 Å². The first-order valence-corrected chi connectivity index (χ1v) is 16.2. The van der Waals surface area contributed by atoms with E-state index >= 15 is 4.39 Å². The second-order valence-electron chi connectivity index (χ2n) is 11.9. The van der Waals surface area contributed by atoms with Crippen molar-refractivity contribution < 1.29 is 33.7 Å². The monoisotopic (exact) mass is 709 g/mol. The van der Waals surface area contributed by atoms with Crippen LogP contribution in [0.3, 0.4) is 0 Å². The molecule has 2 aliphatic heterocycles. The quantitative estimate of drug-likeness (QED) is 0.133. The molecule has 0 amide bonds. The number of benzene rings is 3. The average molecular weight is 710 g/mol. The maximum Gasteiger partial charge on any atom is 0.341 e. The SMILES string of the molecule is CCn1cc(C(=O)O)c(=O)c2cc(F)c(N3CCN(C(=S)Nc4ccc(-c5c6ccc(=O)cc-6oc6cc(O)ccc56)c(C(=O)O)c4)CC3)nc21. The molecule has 0 spiro atoms. The van der Waals surface area contributed by atoms with Crippen molar-refractivity contribution >= 4 is 62.8 Å². The van der Waals surface area contributed by atoms with Crippen LogP contribution in [0, 0.1) is 5.82 Å². The van der Waals surface area contributed by atoms with Crippen LogP contribution in [0.2, 0.25) is 0 Å². The Kier molecular flexibility index (Phi) is 8.35. The molecule has 4 aromatic rings. The number of piperazine rings is 1. The Morgan fingerprint density at radius 3 is 2.35 bits per heavy atom. The summed E-state index contributed by atoms with van der Waals surface area (Å²) in [4.78, 5) is 57.0. The predicted octanol–water partition coefficient (Wildman–Crippen LogP) is 5.05. The number of phenols is 1. The number of anilines is 2. The van der Waals surface area contributed by atoms with Crippen molar-refractivity contribution in [1.82, 2.24) is 14.5 Å². The molecule has 7 rings (SSSR count). The highest BCUT2D eigenvalue weighted by Gasteiger charge is 2.26. The van der Waals surface area contributed by atoms with Crippen molar-refractivity contribution in [1.29, 1.82) is 0 Å². The molecule has 51 heavy (non-hydrogen) atoms. The van der Waals surface area contributed by atoms with Gasteiger partial charge in [0, 0.05) is 73.3 Å². The van der Waals surface area contributed by atoms with Crippen LogP contribution in [0.15, 0.2) is 80.9 Å². The summed E-state index contributed by atoms with van der Waals surface area (Å²) >= 11 is 5.67. The van der Waals surface area contributed by atoms with E-state index in [-0.39, 0.29) is 44.9 Å². The molecule has 0 radical (unpaired) electrons. The fourth-order valence-electron chi connectivity index (χ4n) is 6.38. The molecule has 13 nitrogen and oxygen atoms in total. The number of phenolic OH excluding ortho intramolecular Hbond substituents is 1. The molecule has 258 valence electrons. The highest BCUT2D eigenvalue weighted by Crippen LogP contribution is 2.42.